The van der Waals surface area contributed by atoms with E-state index in [1.54, 1.807) is 0 Å². The van der Waals surface area contributed by atoms with Gasteiger partial charge >= 0.3 is 0 Å². The number of hydrogen-bond donors (Lipinski definition) is 0. The average molecular weight is 428 g/mol. The van der Waals surface area contributed by atoms with Crippen LogP contribution in [0.1, 0.15) is 27.9 Å². The van der Waals surface area contributed by atoms with E-state index in [0.717, 1.165) is 23.6 Å². The Kier molecular flexibility index (Phi) is 7.28. The molecule has 0 radical (unpaired) electrons. The lowest BCUT2D eigenvalue weighted by Crippen LogP contribution is -1.92. The molecule has 0 aliphatic rings. The molecule has 0 aliphatic carbocycles. The van der Waals surface area contributed by atoms with Gasteiger partial charge in [-0.15, -0.1) is 23.5 Å². The molecule has 0 aliphatic heterocycles. The second kappa shape index (κ2) is 10.5. The smallest absolute Gasteiger partial charge is 0.0506 e. The monoisotopic (exact) mass is 427 g/mol. The Morgan fingerprint density at radius 2 is 1.23 bits per heavy atom. The maximum Gasteiger partial charge on any atom is 0.0506 e. The molecule has 1 aromatic heterocycles. The molecule has 3 heteroatoms. The van der Waals surface area contributed by atoms with E-state index in [4.69, 9.17) is 0 Å². The van der Waals surface area contributed by atoms with E-state index in [1.165, 1.54) is 32.0 Å². The standard InChI is InChI=1S/C27H25NS2/c1-21-7-13-26(14-8-21)30-20-25-12-9-24(18-28-25)17-22-10-15-27(16-11-22)29-19-23-5-3-2-4-6-23/h2-16,18H,17,19-20H2,1H3. The molecule has 30 heavy (non-hydrogen) atoms. The lowest BCUT2D eigenvalue weighted by atomic mass is 10.1. The van der Waals surface area contributed by atoms with Crippen LogP contribution in [0.3, 0.4) is 0 Å². The van der Waals surface area contributed by atoms with Crippen LogP contribution in [-0.2, 0) is 17.9 Å². The topological polar surface area (TPSA) is 12.9 Å². The molecule has 4 rings (SSSR count). The van der Waals surface area contributed by atoms with Gasteiger partial charge in [-0.3, -0.25) is 4.98 Å². The van der Waals surface area contributed by atoms with Crippen LogP contribution in [0.4, 0.5) is 0 Å². The minimum atomic E-state index is 0.899. The zero-order valence-electron chi connectivity index (χ0n) is 17.1. The van der Waals surface area contributed by atoms with E-state index in [-0.39, 0.29) is 0 Å². The van der Waals surface area contributed by atoms with Crippen molar-refractivity contribution in [3.63, 3.8) is 0 Å². The Bertz CT molecular complexity index is 1040. The number of aromatic nitrogens is 1. The van der Waals surface area contributed by atoms with E-state index in [9.17, 15) is 0 Å². The van der Waals surface area contributed by atoms with Crippen LogP contribution in [0.5, 0.6) is 0 Å². The molecule has 0 amide bonds. The molecular formula is C27H25NS2. The van der Waals surface area contributed by atoms with Gasteiger partial charge < -0.3 is 0 Å². The maximum atomic E-state index is 4.66. The lowest BCUT2D eigenvalue weighted by Gasteiger charge is -2.06. The van der Waals surface area contributed by atoms with E-state index in [0.29, 0.717) is 0 Å². The Balaban J connectivity index is 1.28. The van der Waals surface area contributed by atoms with Crippen LogP contribution in [0.2, 0.25) is 0 Å². The highest BCUT2D eigenvalue weighted by Crippen LogP contribution is 2.24. The molecular weight excluding hydrogens is 402 g/mol. The first-order valence-corrected chi connectivity index (χ1v) is 12.1. The summed E-state index contributed by atoms with van der Waals surface area (Å²) in [4.78, 5) is 7.26. The fraction of sp³-hybridized carbons (Fsp3) is 0.148. The van der Waals surface area contributed by atoms with Gasteiger partial charge in [-0.1, -0.05) is 66.2 Å². The van der Waals surface area contributed by atoms with Crippen molar-refractivity contribution >= 4 is 23.5 Å². The van der Waals surface area contributed by atoms with Crippen molar-refractivity contribution in [1.82, 2.24) is 4.98 Å². The average Bonchev–Trinajstić information content (AvgIpc) is 2.80. The van der Waals surface area contributed by atoms with E-state index < -0.39 is 0 Å². The molecule has 0 saturated heterocycles. The minimum absolute atomic E-state index is 0.899. The van der Waals surface area contributed by atoms with Gasteiger partial charge in [-0.05, 0) is 60.4 Å². The Hall–Kier alpha value is -2.49. The Morgan fingerprint density at radius 3 is 1.90 bits per heavy atom. The van der Waals surface area contributed by atoms with Gasteiger partial charge in [0.25, 0.3) is 0 Å². The number of thioether (sulfide) groups is 2. The first kappa shape index (κ1) is 20.8. The van der Waals surface area contributed by atoms with Crippen molar-refractivity contribution < 1.29 is 0 Å². The summed E-state index contributed by atoms with van der Waals surface area (Å²) >= 11 is 3.71. The highest BCUT2D eigenvalue weighted by molar-refractivity contribution is 7.98. The number of hydrogen-bond acceptors (Lipinski definition) is 3. The third-order valence-electron chi connectivity index (χ3n) is 4.87. The summed E-state index contributed by atoms with van der Waals surface area (Å²) in [5, 5.41) is 0. The van der Waals surface area contributed by atoms with Gasteiger partial charge in [0.15, 0.2) is 0 Å². The number of benzene rings is 3. The van der Waals surface area contributed by atoms with E-state index in [1.807, 2.05) is 29.7 Å². The van der Waals surface area contributed by atoms with Gasteiger partial charge in [0.2, 0.25) is 0 Å². The van der Waals surface area contributed by atoms with Crippen LogP contribution >= 0.6 is 23.5 Å². The molecule has 1 nitrogen and oxygen atoms in total. The van der Waals surface area contributed by atoms with Crippen molar-refractivity contribution in [2.45, 2.75) is 34.6 Å². The molecule has 0 N–H and O–H groups in total. The maximum absolute atomic E-state index is 4.66. The quantitative estimate of drug-likeness (QED) is 0.269. The summed E-state index contributed by atoms with van der Waals surface area (Å²) in [6, 6.07) is 32.5. The molecule has 4 aromatic rings. The lowest BCUT2D eigenvalue weighted by molar-refractivity contribution is 1.09. The van der Waals surface area contributed by atoms with Gasteiger partial charge in [0.1, 0.15) is 0 Å². The Morgan fingerprint density at radius 1 is 0.600 bits per heavy atom. The largest absolute Gasteiger partial charge is 0.260 e. The second-order valence-corrected chi connectivity index (χ2v) is 9.45. The molecule has 0 spiro atoms. The highest BCUT2D eigenvalue weighted by Gasteiger charge is 2.02. The summed E-state index contributed by atoms with van der Waals surface area (Å²) in [5.41, 5.74) is 6.35. The van der Waals surface area contributed by atoms with Crippen molar-refractivity contribution in [2.24, 2.45) is 0 Å². The van der Waals surface area contributed by atoms with Crippen molar-refractivity contribution in [2.75, 3.05) is 0 Å². The number of rotatable bonds is 8. The Labute approximate surface area is 188 Å². The van der Waals surface area contributed by atoms with Crippen molar-refractivity contribution in [3.8, 4) is 0 Å². The zero-order valence-corrected chi connectivity index (χ0v) is 18.8. The van der Waals surface area contributed by atoms with Gasteiger partial charge in [0.05, 0.1) is 5.69 Å². The number of aryl methyl sites for hydroxylation is 1. The normalized spacial score (nSPS) is 10.8. The fourth-order valence-corrected chi connectivity index (χ4v) is 4.79. The van der Waals surface area contributed by atoms with Crippen LogP contribution < -0.4 is 0 Å². The molecule has 0 bridgehead atoms. The third-order valence-corrected chi connectivity index (χ3v) is 7.00. The summed E-state index contributed by atoms with van der Waals surface area (Å²) in [6.07, 6.45) is 2.94. The summed E-state index contributed by atoms with van der Waals surface area (Å²) in [7, 11) is 0. The summed E-state index contributed by atoms with van der Waals surface area (Å²) in [6.45, 7) is 2.12. The zero-order chi connectivity index (χ0) is 20.6. The molecule has 1 heterocycles. The fourth-order valence-electron chi connectivity index (χ4n) is 3.12. The van der Waals surface area contributed by atoms with Crippen molar-refractivity contribution in [3.05, 3.63) is 125 Å². The molecule has 3 aromatic carbocycles. The first-order chi connectivity index (χ1) is 14.7. The van der Waals surface area contributed by atoms with Crippen molar-refractivity contribution in [1.29, 1.82) is 0 Å². The van der Waals surface area contributed by atoms with E-state index >= 15 is 0 Å². The van der Waals surface area contributed by atoms with Crippen LogP contribution in [0.15, 0.2) is 107 Å². The predicted octanol–water partition coefficient (Wildman–Crippen LogP) is 7.57. The summed E-state index contributed by atoms with van der Waals surface area (Å²) < 4.78 is 0. The third kappa shape index (κ3) is 6.25. The second-order valence-electron chi connectivity index (χ2n) is 7.35. The first-order valence-electron chi connectivity index (χ1n) is 10.1. The van der Waals surface area contributed by atoms with Gasteiger partial charge in [0, 0.05) is 27.5 Å². The van der Waals surface area contributed by atoms with Crippen LogP contribution in [0.25, 0.3) is 0 Å². The molecule has 0 unspecified atom stereocenters. The number of nitrogens with zero attached hydrogens (tertiary/aromatic N) is 1. The molecule has 0 fully saturated rings. The SMILES string of the molecule is Cc1ccc(SCc2ccc(Cc3ccc(SCc4ccccc4)cc3)cn2)cc1. The highest BCUT2D eigenvalue weighted by atomic mass is 32.2. The van der Waals surface area contributed by atoms with E-state index in [2.05, 4.69) is 103 Å². The predicted molar refractivity (Wildman–Crippen MR) is 130 cm³/mol. The molecule has 0 atom stereocenters. The minimum Gasteiger partial charge on any atom is -0.260 e. The molecule has 150 valence electrons. The van der Waals surface area contributed by atoms with Crippen LogP contribution in [0, 0.1) is 6.92 Å². The van der Waals surface area contributed by atoms with Gasteiger partial charge in [-0.25, -0.2) is 0 Å². The van der Waals surface area contributed by atoms with Gasteiger partial charge in [-0.2, -0.15) is 0 Å². The van der Waals surface area contributed by atoms with Crippen LogP contribution in [-0.4, -0.2) is 4.98 Å². The number of pyridine rings is 1. The summed E-state index contributed by atoms with van der Waals surface area (Å²) in [5.74, 6) is 1.91. The molecule has 0 saturated carbocycles.